The van der Waals surface area contributed by atoms with Crippen molar-refractivity contribution in [3.05, 3.63) is 75.9 Å². The molecule has 1 aliphatic heterocycles. The largest absolute Gasteiger partial charge is 0.492 e. The first kappa shape index (κ1) is 15.8. The zero-order valence-corrected chi connectivity index (χ0v) is 14.4. The Labute approximate surface area is 149 Å². The summed E-state index contributed by atoms with van der Waals surface area (Å²) in [6.07, 6.45) is 0. The summed E-state index contributed by atoms with van der Waals surface area (Å²) in [5.41, 5.74) is 2.94. The Morgan fingerprint density at radius 3 is 2.68 bits per heavy atom. The van der Waals surface area contributed by atoms with Crippen molar-refractivity contribution in [1.29, 1.82) is 0 Å². The van der Waals surface area contributed by atoms with E-state index in [1.165, 1.54) is 6.07 Å². The van der Waals surface area contributed by atoms with E-state index in [-0.39, 0.29) is 11.7 Å². The third-order valence-electron chi connectivity index (χ3n) is 4.36. The molecule has 0 saturated carbocycles. The lowest BCUT2D eigenvalue weighted by Gasteiger charge is -2.13. The van der Waals surface area contributed by atoms with Gasteiger partial charge in [0.25, 0.3) is 0 Å². The first-order valence-electron chi connectivity index (χ1n) is 7.88. The normalized spacial score (nSPS) is 16.0. The van der Waals surface area contributed by atoms with Crippen LogP contribution in [0.1, 0.15) is 35.6 Å². The lowest BCUT2D eigenvalue weighted by Crippen LogP contribution is -2.09. The number of aromatic nitrogens is 2. The number of aromatic hydroxyl groups is 1. The molecule has 1 N–H and O–H groups in total. The van der Waals surface area contributed by atoms with Gasteiger partial charge in [0.2, 0.25) is 5.88 Å². The van der Waals surface area contributed by atoms with Crippen LogP contribution in [-0.2, 0) is 0 Å². The third kappa shape index (κ3) is 2.43. The van der Waals surface area contributed by atoms with E-state index in [2.05, 4.69) is 4.98 Å². The van der Waals surface area contributed by atoms with Crippen molar-refractivity contribution in [3.63, 3.8) is 0 Å². The van der Waals surface area contributed by atoms with Crippen LogP contribution in [0.3, 0.4) is 0 Å². The van der Waals surface area contributed by atoms with Gasteiger partial charge in [-0.05, 0) is 44.2 Å². The predicted molar refractivity (Wildman–Crippen MR) is 95.4 cm³/mol. The Bertz CT molecular complexity index is 1030. The van der Waals surface area contributed by atoms with Crippen molar-refractivity contribution in [3.8, 4) is 11.6 Å². The minimum Gasteiger partial charge on any atom is -0.492 e. The van der Waals surface area contributed by atoms with E-state index in [4.69, 9.17) is 16.6 Å². The van der Waals surface area contributed by atoms with Crippen LogP contribution in [0.25, 0.3) is 5.69 Å². The molecule has 0 aliphatic carbocycles. The maximum absolute atomic E-state index is 14.5. The van der Waals surface area contributed by atoms with Gasteiger partial charge < -0.3 is 5.11 Å². The highest BCUT2D eigenvalue weighted by atomic mass is 35.5. The van der Waals surface area contributed by atoms with Gasteiger partial charge in [0.15, 0.2) is 0 Å². The molecule has 2 heterocycles. The number of aliphatic imine (C=N–C) groups is 1. The van der Waals surface area contributed by atoms with Gasteiger partial charge in [-0.2, -0.15) is 4.98 Å². The molecule has 0 spiro atoms. The molecule has 25 heavy (non-hydrogen) atoms. The number of hydrogen-bond donors (Lipinski definition) is 1. The maximum Gasteiger partial charge on any atom is 0.235 e. The van der Waals surface area contributed by atoms with Crippen LogP contribution in [0.5, 0.6) is 5.88 Å². The van der Waals surface area contributed by atoms with Gasteiger partial charge in [-0.25, -0.2) is 4.39 Å². The quantitative estimate of drug-likeness (QED) is 0.694. The van der Waals surface area contributed by atoms with Crippen molar-refractivity contribution >= 4 is 17.3 Å². The van der Waals surface area contributed by atoms with Gasteiger partial charge in [-0.3, -0.25) is 9.56 Å². The molecule has 0 fully saturated rings. The molecule has 0 saturated heterocycles. The highest BCUT2D eigenvalue weighted by molar-refractivity contribution is 6.31. The standard InChI is InChI=1S/C19H15ClFN3O/c1-10-18-19(25)23-11(2)24(18)16-8-7-12(20)9-14(16)17(22-10)13-5-3-4-6-15(13)21/h3-10,25H,1-2H3. The second kappa shape index (κ2) is 5.70. The van der Waals surface area contributed by atoms with E-state index in [1.54, 1.807) is 30.3 Å². The fourth-order valence-electron chi connectivity index (χ4n) is 3.30. The van der Waals surface area contributed by atoms with Gasteiger partial charge in [0, 0.05) is 16.1 Å². The van der Waals surface area contributed by atoms with Crippen molar-refractivity contribution < 1.29 is 9.50 Å². The number of rotatable bonds is 1. The number of nitrogens with zero attached hydrogens (tertiary/aromatic N) is 3. The average molecular weight is 356 g/mol. The molecular formula is C19H15ClFN3O. The van der Waals surface area contributed by atoms with E-state index >= 15 is 0 Å². The SMILES string of the molecule is Cc1nc(O)c2n1-c1ccc(Cl)cc1C(c1ccccc1F)=NC2C. The van der Waals surface area contributed by atoms with E-state index in [9.17, 15) is 9.50 Å². The highest BCUT2D eigenvalue weighted by Gasteiger charge is 2.28. The van der Waals surface area contributed by atoms with Crippen molar-refractivity contribution in [2.45, 2.75) is 19.9 Å². The van der Waals surface area contributed by atoms with E-state index in [0.717, 1.165) is 5.69 Å². The number of hydrogen-bond acceptors (Lipinski definition) is 3. The fraction of sp³-hybridized carbons (Fsp3) is 0.158. The molecule has 1 aromatic heterocycles. The summed E-state index contributed by atoms with van der Waals surface area (Å²) >= 11 is 6.21. The lowest BCUT2D eigenvalue weighted by atomic mass is 10.00. The summed E-state index contributed by atoms with van der Waals surface area (Å²) < 4.78 is 16.3. The second-order valence-corrected chi connectivity index (χ2v) is 6.43. The van der Waals surface area contributed by atoms with Gasteiger partial charge in [-0.15, -0.1) is 0 Å². The van der Waals surface area contributed by atoms with Crippen molar-refractivity contribution in [2.24, 2.45) is 4.99 Å². The van der Waals surface area contributed by atoms with E-state index < -0.39 is 6.04 Å². The molecule has 4 rings (SSSR count). The first-order chi connectivity index (χ1) is 12.0. The number of halogens is 2. The second-order valence-electron chi connectivity index (χ2n) is 6.00. The minimum atomic E-state index is -0.401. The van der Waals surface area contributed by atoms with Crippen LogP contribution in [0.2, 0.25) is 5.02 Å². The van der Waals surface area contributed by atoms with Gasteiger partial charge in [0.05, 0.1) is 17.4 Å². The Morgan fingerprint density at radius 2 is 1.92 bits per heavy atom. The molecule has 1 unspecified atom stereocenters. The Kier molecular flexibility index (Phi) is 3.62. The molecule has 1 atom stereocenters. The van der Waals surface area contributed by atoms with Crippen LogP contribution < -0.4 is 0 Å². The Hall–Kier alpha value is -2.66. The highest BCUT2D eigenvalue weighted by Crippen LogP contribution is 2.37. The Balaban J connectivity index is 2.09. The zero-order valence-electron chi connectivity index (χ0n) is 13.7. The molecule has 3 aromatic rings. The molecule has 0 amide bonds. The van der Waals surface area contributed by atoms with Gasteiger partial charge >= 0.3 is 0 Å². The third-order valence-corrected chi connectivity index (χ3v) is 4.60. The maximum atomic E-state index is 14.5. The monoisotopic (exact) mass is 355 g/mol. The van der Waals surface area contributed by atoms with Crippen LogP contribution in [0.15, 0.2) is 47.5 Å². The Morgan fingerprint density at radius 1 is 1.16 bits per heavy atom. The minimum absolute atomic E-state index is 0.0653. The molecule has 6 heteroatoms. The molecule has 126 valence electrons. The van der Waals surface area contributed by atoms with Gasteiger partial charge in [0.1, 0.15) is 17.3 Å². The molecule has 4 nitrogen and oxygen atoms in total. The van der Waals surface area contributed by atoms with Crippen molar-refractivity contribution in [1.82, 2.24) is 9.55 Å². The smallest absolute Gasteiger partial charge is 0.235 e. The van der Waals surface area contributed by atoms with Crippen LogP contribution in [0, 0.1) is 12.7 Å². The van der Waals surface area contributed by atoms with Gasteiger partial charge in [-0.1, -0.05) is 23.7 Å². The average Bonchev–Trinajstić information content (AvgIpc) is 2.80. The molecule has 1 aliphatic rings. The molecule has 0 radical (unpaired) electrons. The first-order valence-corrected chi connectivity index (χ1v) is 8.26. The van der Waals surface area contributed by atoms with Crippen LogP contribution >= 0.6 is 11.6 Å². The number of imidazole rings is 1. The van der Waals surface area contributed by atoms with E-state index in [1.807, 2.05) is 24.5 Å². The number of aryl methyl sites for hydroxylation is 1. The van der Waals surface area contributed by atoms with Crippen LogP contribution in [-0.4, -0.2) is 20.4 Å². The predicted octanol–water partition coefficient (Wildman–Crippen LogP) is 4.59. The zero-order chi connectivity index (χ0) is 17.7. The summed E-state index contributed by atoms with van der Waals surface area (Å²) in [5, 5.41) is 10.8. The fourth-order valence-corrected chi connectivity index (χ4v) is 3.47. The number of benzene rings is 2. The lowest BCUT2D eigenvalue weighted by molar-refractivity contribution is 0.444. The summed E-state index contributed by atoms with van der Waals surface area (Å²) in [4.78, 5) is 8.87. The number of fused-ring (bicyclic) bond motifs is 3. The molecule has 0 bridgehead atoms. The van der Waals surface area contributed by atoms with Crippen LogP contribution in [0.4, 0.5) is 4.39 Å². The summed E-state index contributed by atoms with van der Waals surface area (Å²) in [6, 6.07) is 11.5. The summed E-state index contributed by atoms with van der Waals surface area (Å²) in [6.45, 7) is 3.66. The van der Waals surface area contributed by atoms with E-state index in [0.29, 0.717) is 33.4 Å². The molecular weight excluding hydrogens is 341 g/mol. The summed E-state index contributed by atoms with van der Waals surface area (Å²) in [7, 11) is 0. The molecule has 2 aromatic carbocycles. The van der Waals surface area contributed by atoms with Crippen molar-refractivity contribution in [2.75, 3.05) is 0 Å². The summed E-state index contributed by atoms with van der Waals surface area (Å²) in [5.74, 6) is 0.211. The topological polar surface area (TPSA) is 50.4 Å².